The molecule has 0 fully saturated rings. The number of hydrogen-bond donors (Lipinski definition) is 1. The van der Waals surface area contributed by atoms with Crippen molar-refractivity contribution >= 4 is 40.4 Å². The van der Waals surface area contributed by atoms with Gasteiger partial charge in [-0.15, -0.1) is 11.3 Å². The van der Waals surface area contributed by atoms with Gasteiger partial charge in [-0.25, -0.2) is 4.98 Å². The molecule has 17 heavy (non-hydrogen) atoms. The summed E-state index contributed by atoms with van der Waals surface area (Å²) in [5, 5.41) is 10.6. The summed E-state index contributed by atoms with van der Waals surface area (Å²) in [5.41, 5.74) is 1.77. The van der Waals surface area contributed by atoms with E-state index >= 15 is 0 Å². The molecule has 0 saturated carbocycles. The van der Waals surface area contributed by atoms with Crippen LogP contribution in [-0.2, 0) is 0 Å². The summed E-state index contributed by atoms with van der Waals surface area (Å²) in [4.78, 5) is 4.50. The quantitative estimate of drug-likeness (QED) is 0.658. The van der Waals surface area contributed by atoms with Gasteiger partial charge in [0.2, 0.25) is 0 Å². The number of phenols is 1. The zero-order valence-electron chi connectivity index (χ0n) is 8.42. The predicted molar refractivity (Wildman–Crippen MR) is 73.9 cm³/mol. The van der Waals surface area contributed by atoms with Gasteiger partial charge in [0, 0.05) is 0 Å². The van der Waals surface area contributed by atoms with Crippen LogP contribution in [0.3, 0.4) is 0 Å². The third-order valence-electron chi connectivity index (χ3n) is 2.43. The van der Waals surface area contributed by atoms with Gasteiger partial charge in [-0.3, -0.25) is 0 Å². The van der Waals surface area contributed by atoms with Crippen LogP contribution < -0.4 is 0 Å². The second-order valence-corrected chi connectivity index (χ2v) is 4.53. The van der Waals surface area contributed by atoms with Gasteiger partial charge in [0.25, 0.3) is 0 Å². The van der Waals surface area contributed by atoms with Crippen molar-refractivity contribution in [2.24, 2.45) is 0 Å². The minimum absolute atomic E-state index is 0. The number of thiazole rings is 1. The summed E-state index contributed by atoms with van der Waals surface area (Å²) >= 11 is 1.59. The van der Waals surface area contributed by atoms with E-state index in [0.717, 1.165) is 20.8 Å². The van der Waals surface area contributed by atoms with Crippen molar-refractivity contribution in [1.29, 1.82) is 0 Å². The molecule has 3 rings (SSSR count). The molecule has 2 aromatic carbocycles. The van der Waals surface area contributed by atoms with Crippen LogP contribution in [0.4, 0.5) is 0 Å². The Morgan fingerprint density at radius 3 is 2.41 bits per heavy atom. The maximum atomic E-state index is 9.76. The monoisotopic (exact) mass is 235 g/mol. The molecular weight excluding hydrogens is 225 g/mol. The van der Waals surface area contributed by atoms with Crippen molar-refractivity contribution in [1.82, 2.24) is 4.98 Å². The van der Waals surface area contributed by atoms with Gasteiger partial charge in [0.1, 0.15) is 10.8 Å². The minimum atomic E-state index is 0. The Morgan fingerprint density at radius 1 is 0.941 bits per heavy atom. The Balaban J connectivity index is 0.00000108. The van der Waals surface area contributed by atoms with E-state index in [9.17, 15) is 5.11 Å². The normalized spacial score (nSPS) is 10.1. The Kier molecular flexibility index (Phi) is 3.54. The number of hydrogen-bond acceptors (Lipinski definition) is 3. The molecular formula is C13H10LiNOS. The molecule has 4 heteroatoms. The van der Waals surface area contributed by atoms with Crippen LogP contribution >= 0.6 is 11.3 Å². The van der Waals surface area contributed by atoms with Gasteiger partial charge < -0.3 is 5.11 Å². The standard InChI is InChI=1S/C13H9NOS.Li.H/c15-11-7-3-1-5-9(11)13-14-10-6-2-4-8-12(10)16-13;;/h1-8,15H;;. The molecule has 0 aliphatic carbocycles. The molecule has 0 atom stereocenters. The topological polar surface area (TPSA) is 33.1 Å². The summed E-state index contributed by atoms with van der Waals surface area (Å²) in [7, 11) is 0. The van der Waals surface area contributed by atoms with E-state index in [4.69, 9.17) is 0 Å². The number of phenolic OH excluding ortho intramolecular Hbond substituents is 1. The molecule has 0 bridgehead atoms. The Morgan fingerprint density at radius 2 is 1.65 bits per heavy atom. The Bertz CT molecular complexity index is 617. The molecule has 0 radical (unpaired) electrons. The molecule has 1 aromatic heterocycles. The molecule has 0 spiro atoms. The van der Waals surface area contributed by atoms with Gasteiger partial charge in [-0.1, -0.05) is 24.3 Å². The average Bonchev–Trinajstić information content (AvgIpc) is 2.73. The molecule has 0 unspecified atom stereocenters. The fourth-order valence-corrected chi connectivity index (χ4v) is 2.64. The van der Waals surface area contributed by atoms with Crippen molar-refractivity contribution in [3.05, 3.63) is 48.5 Å². The van der Waals surface area contributed by atoms with Gasteiger partial charge in [0.05, 0.1) is 15.8 Å². The first-order valence-electron chi connectivity index (χ1n) is 4.98. The number of para-hydroxylation sites is 2. The van der Waals surface area contributed by atoms with Crippen molar-refractivity contribution in [3.8, 4) is 16.3 Å². The molecule has 0 aliphatic heterocycles. The van der Waals surface area contributed by atoms with Crippen LogP contribution in [0.25, 0.3) is 20.8 Å². The van der Waals surface area contributed by atoms with Crippen LogP contribution in [0.15, 0.2) is 48.5 Å². The summed E-state index contributed by atoms with van der Waals surface area (Å²) in [6.07, 6.45) is 0. The zero-order chi connectivity index (χ0) is 11.0. The first kappa shape index (κ1) is 12.2. The molecule has 0 aliphatic rings. The fraction of sp³-hybridized carbons (Fsp3) is 0. The number of fused-ring (bicyclic) bond motifs is 1. The second kappa shape index (κ2) is 4.93. The number of nitrogens with zero attached hydrogens (tertiary/aromatic N) is 1. The zero-order valence-corrected chi connectivity index (χ0v) is 9.24. The van der Waals surface area contributed by atoms with Gasteiger partial charge >= 0.3 is 18.9 Å². The van der Waals surface area contributed by atoms with E-state index in [0.29, 0.717) is 0 Å². The molecule has 3 aromatic rings. The molecule has 1 heterocycles. The van der Waals surface area contributed by atoms with Gasteiger partial charge in [0.15, 0.2) is 0 Å². The Labute approximate surface area is 115 Å². The predicted octanol–water partition coefficient (Wildman–Crippen LogP) is 3.02. The van der Waals surface area contributed by atoms with E-state index in [2.05, 4.69) is 4.98 Å². The molecule has 80 valence electrons. The van der Waals surface area contributed by atoms with Crippen LogP contribution in [0, 0.1) is 0 Å². The molecule has 0 saturated heterocycles. The van der Waals surface area contributed by atoms with E-state index in [1.165, 1.54) is 0 Å². The van der Waals surface area contributed by atoms with E-state index < -0.39 is 0 Å². The number of rotatable bonds is 1. The van der Waals surface area contributed by atoms with Gasteiger partial charge in [-0.2, -0.15) is 0 Å². The summed E-state index contributed by atoms with van der Waals surface area (Å²) in [6.45, 7) is 0. The van der Waals surface area contributed by atoms with Crippen molar-refractivity contribution in [2.75, 3.05) is 0 Å². The first-order valence-corrected chi connectivity index (χ1v) is 5.80. The van der Waals surface area contributed by atoms with Crippen molar-refractivity contribution in [2.45, 2.75) is 0 Å². The average molecular weight is 235 g/mol. The van der Waals surface area contributed by atoms with E-state index in [-0.39, 0.29) is 24.6 Å². The van der Waals surface area contributed by atoms with Crippen molar-refractivity contribution in [3.63, 3.8) is 0 Å². The summed E-state index contributed by atoms with van der Waals surface area (Å²) < 4.78 is 1.14. The second-order valence-electron chi connectivity index (χ2n) is 3.50. The first-order chi connectivity index (χ1) is 7.84. The van der Waals surface area contributed by atoms with Gasteiger partial charge in [-0.05, 0) is 24.3 Å². The third kappa shape index (κ3) is 2.23. The van der Waals surface area contributed by atoms with Crippen LogP contribution in [-0.4, -0.2) is 29.0 Å². The van der Waals surface area contributed by atoms with E-state index in [1.807, 2.05) is 42.5 Å². The molecule has 1 N–H and O–H groups in total. The molecule has 2 nitrogen and oxygen atoms in total. The third-order valence-corrected chi connectivity index (χ3v) is 3.50. The van der Waals surface area contributed by atoms with Crippen LogP contribution in [0.5, 0.6) is 5.75 Å². The number of aromatic hydroxyl groups is 1. The summed E-state index contributed by atoms with van der Waals surface area (Å²) in [6, 6.07) is 15.3. The number of aromatic nitrogens is 1. The van der Waals surface area contributed by atoms with Crippen LogP contribution in [0.1, 0.15) is 0 Å². The maximum absolute atomic E-state index is 9.76. The molecule has 0 amide bonds. The Hall–Kier alpha value is -1.27. The number of benzene rings is 2. The van der Waals surface area contributed by atoms with Crippen molar-refractivity contribution < 1.29 is 5.11 Å². The summed E-state index contributed by atoms with van der Waals surface area (Å²) in [5.74, 6) is 0.279. The fourth-order valence-electron chi connectivity index (χ4n) is 1.64. The van der Waals surface area contributed by atoms with Crippen LogP contribution in [0.2, 0.25) is 0 Å². The van der Waals surface area contributed by atoms with E-state index in [1.54, 1.807) is 17.4 Å². The SMILES string of the molecule is Oc1ccccc1-c1nc2ccccc2s1.[LiH].